The SMILES string of the molecule is Nc1ccccc1C(=O)NC(=O)C(=O)Nc1ccc(C(F)(F)F)cc1. The van der Waals surface area contributed by atoms with Gasteiger partial charge in [0.05, 0.1) is 11.1 Å². The fraction of sp³-hybridized carbons (Fsp3) is 0.0625. The van der Waals surface area contributed by atoms with Crippen molar-refractivity contribution >= 4 is 29.1 Å². The molecule has 0 aliphatic carbocycles. The van der Waals surface area contributed by atoms with Gasteiger partial charge in [0.2, 0.25) is 0 Å². The summed E-state index contributed by atoms with van der Waals surface area (Å²) in [6.45, 7) is 0. The van der Waals surface area contributed by atoms with Crippen LogP contribution in [0.4, 0.5) is 24.5 Å². The van der Waals surface area contributed by atoms with Gasteiger partial charge in [-0.1, -0.05) is 12.1 Å². The number of alkyl halides is 3. The zero-order valence-corrected chi connectivity index (χ0v) is 12.6. The molecule has 0 saturated carbocycles. The number of benzene rings is 2. The number of halogens is 3. The maximum Gasteiger partial charge on any atom is 0.416 e. The van der Waals surface area contributed by atoms with Gasteiger partial charge in [0.15, 0.2) is 0 Å². The molecule has 0 atom stereocenters. The Morgan fingerprint density at radius 2 is 1.48 bits per heavy atom. The van der Waals surface area contributed by atoms with Crippen LogP contribution in [0.1, 0.15) is 15.9 Å². The molecule has 0 bridgehead atoms. The Morgan fingerprint density at radius 1 is 0.880 bits per heavy atom. The summed E-state index contributed by atoms with van der Waals surface area (Å²) in [7, 11) is 0. The molecule has 4 N–H and O–H groups in total. The van der Waals surface area contributed by atoms with E-state index in [9.17, 15) is 27.6 Å². The number of anilines is 2. The minimum atomic E-state index is -4.51. The van der Waals surface area contributed by atoms with Gasteiger partial charge in [-0.3, -0.25) is 19.7 Å². The number of imide groups is 1. The number of hydrogen-bond acceptors (Lipinski definition) is 4. The minimum absolute atomic E-state index is 0.0122. The summed E-state index contributed by atoms with van der Waals surface area (Å²) in [5, 5.41) is 3.93. The summed E-state index contributed by atoms with van der Waals surface area (Å²) in [6.07, 6.45) is -4.51. The molecule has 2 aromatic rings. The van der Waals surface area contributed by atoms with E-state index in [1.54, 1.807) is 6.07 Å². The fourth-order valence-electron chi connectivity index (χ4n) is 1.86. The number of carbonyl (C=O) groups is 3. The Morgan fingerprint density at radius 3 is 2.04 bits per heavy atom. The molecule has 130 valence electrons. The zero-order valence-electron chi connectivity index (χ0n) is 12.6. The lowest BCUT2D eigenvalue weighted by Gasteiger charge is -2.09. The van der Waals surface area contributed by atoms with Gasteiger partial charge in [-0.2, -0.15) is 13.2 Å². The predicted octanol–water partition coefficient (Wildman–Crippen LogP) is 2.18. The lowest BCUT2D eigenvalue weighted by molar-refractivity contribution is -0.137. The van der Waals surface area contributed by atoms with E-state index < -0.39 is 29.5 Å². The van der Waals surface area contributed by atoms with E-state index in [2.05, 4.69) is 5.32 Å². The summed E-state index contributed by atoms with van der Waals surface area (Å²) in [4.78, 5) is 35.3. The van der Waals surface area contributed by atoms with Crippen molar-refractivity contribution in [1.29, 1.82) is 0 Å². The number of hydrogen-bond donors (Lipinski definition) is 3. The van der Waals surface area contributed by atoms with Gasteiger partial charge in [0.1, 0.15) is 0 Å². The standard InChI is InChI=1S/C16H12F3N3O3/c17-16(18,19)9-5-7-10(8-6-9)21-14(24)15(25)22-13(23)11-3-1-2-4-12(11)20/h1-8H,20H2,(H,21,24)(H,22,23,25). The Bertz CT molecular complexity index is 817. The van der Waals surface area contributed by atoms with Crippen LogP contribution in [-0.4, -0.2) is 17.7 Å². The van der Waals surface area contributed by atoms with E-state index >= 15 is 0 Å². The molecule has 0 unspecified atom stereocenters. The van der Waals surface area contributed by atoms with Gasteiger partial charge in [0.25, 0.3) is 5.91 Å². The number of amides is 3. The highest BCUT2D eigenvalue weighted by Gasteiger charge is 2.30. The summed E-state index contributed by atoms with van der Waals surface area (Å²) in [5.74, 6) is -3.35. The quantitative estimate of drug-likeness (QED) is 0.570. The van der Waals surface area contributed by atoms with E-state index in [1.165, 1.54) is 18.2 Å². The number of nitrogen functional groups attached to an aromatic ring is 1. The van der Waals surface area contributed by atoms with Crippen molar-refractivity contribution < 1.29 is 27.6 Å². The Balaban J connectivity index is 2.00. The molecule has 9 heteroatoms. The van der Waals surface area contributed by atoms with Crippen molar-refractivity contribution in [2.24, 2.45) is 0 Å². The molecule has 0 fully saturated rings. The van der Waals surface area contributed by atoms with Crippen molar-refractivity contribution in [3.63, 3.8) is 0 Å². The Labute approximate surface area is 139 Å². The topological polar surface area (TPSA) is 101 Å². The number of para-hydroxylation sites is 1. The molecule has 25 heavy (non-hydrogen) atoms. The second kappa shape index (κ2) is 7.04. The molecular formula is C16H12F3N3O3. The van der Waals surface area contributed by atoms with Gasteiger partial charge >= 0.3 is 18.0 Å². The molecule has 2 aromatic carbocycles. The number of nitrogens with one attached hydrogen (secondary N) is 2. The van der Waals surface area contributed by atoms with Crippen molar-refractivity contribution in [2.45, 2.75) is 6.18 Å². The van der Waals surface area contributed by atoms with Crippen LogP contribution in [0.3, 0.4) is 0 Å². The highest BCUT2D eigenvalue weighted by atomic mass is 19.4. The molecule has 3 amide bonds. The second-order valence-electron chi connectivity index (χ2n) is 4.90. The maximum atomic E-state index is 12.4. The molecule has 2 rings (SSSR count). The molecular weight excluding hydrogens is 339 g/mol. The zero-order chi connectivity index (χ0) is 18.6. The van der Waals surface area contributed by atoms with Crippen LogP contribution in [0.5, 0.6) is 0 Å². The average Bonchev–Trinajstić information content (AvgIpc) is 2.54. The van der Waals surface area contributed by atoms with E-state index in [0.717, 1.165) is 24.3 Å². The maximum absolute atomic E-state index is 12.4. The Hall–Kier alpha value is -3.36. The van der Waals surface area contributed by atoms with Crippen LogP contribution >= 0.6 is 0 Å². The first kappa shape index (κ1) is 18.0. The summed E-state index contributed by atoms with van der Waals surface area (Å²) in [5.41, 5.74) is 4.79. The third-order valence-electron chi connectivity index (χ3n) is 3.11. The molecule has 0 aliphatic rings. The normalized spacial score (nSPS) is 10.8. The van der Waals surface area contributed by atoms with Crippen LogP contribution in [0.2, 0.25) is 0 Å². The molecule has 0 radical (unpaired) electrons. The number of nitrogens with two attached hydrogens (primary N) is 1. The van der Waals surface area contributed by atoms with Crippen molar-refractivity contribution in [2.75, 3.05) is 11.1 Å². The third-order valence-corrected chi connectivity index (χ3v) is 3.11. The summed E-state index contributed by atoms with van der Waals surface area (Å²) < 4.78 is 37.3. The van der Waals surface area contributed by atoms with E-state index in [4.69, 9.17) is 5.73 Å². The van der Waals surface area contributed by atoms with Crippen LogP contribution in [-0.2, 0) is 15.8 Å². The number of carbonyl (C=O) groups excluding carboxylic acids is 3. The van der Waals surface area contributed by atoms with E-state index in [0.29, 0.717) is 0 Å². The van der Waals surface area contributed by atoms with Crippen LogP contribution in [0.25, 0.3) is 0 Å². The molecule has 0 aliphatic heterocycles. The summed E-state index contributed by atoms with van der Waals surface area (Å²) in [6, 6.07) is 9.42. The highest BCUT2D eigenvalue weighted by Crippen LogP contribution is 2.29. The van der Waals surface area contributed by atoms with E-state index in [1.807, 2.05) is 5.32 Å². The van der Waals surface area contributed by atoms with Gasteiger partial charge in [-0.05, 0) is 36.4 Å². The van der Waals surface area contributed by atoms with E-state index in [-0.39, 0.29) is 16.9 Å². The minimum Gasteiger partial charge on any atom is -0.398 e. The number of rotatable bonds is 2. The highest BCUT2D eigenvalue weighted by molar-refractivity contribution is 6.42. The smallest absolute Gasteiger partial charge is 0.398 e. The Kier molecular flexibility index (Phi) is 5.06. The molecule has 0 saturated heterocycles. The van der Waals surface area contributed by atoms with Crippen LogP contribution in [0.15, 0.2) is 48.5 Å². The molecule has 0 heterocycles. The predicted molar refractivity (Wildman–Crippen MR) is 83.4 cm³/mol. The molecule has 0 aromatic heterocycles. The van der Waals surface area contributed by atoms with Gasteiger partial charge in [-0.15, -0.1) is 0 Å². The van der Waals surface area contributed by atoms with Crippen LogP contribution in [0, 0.1) is 0 Å². The second-order valence-corrected chi connectivity index (χ2v) is 4.90. The van der Waals surface area contributed by atoms with Crippen LogP contribution < -0.4 is 16.4 Å². The third kappa shape index (κ3) is 4.56. The first-order valence-electron chi connectivity index (χ1n) is 6.87. The lowest BCUT2D eigenvalue weighted by Crippen LogP contribution is -2.39. The van der Waals surface area contributed by atoms with Crippen molar-refractivity contribution in [1.82, 2.24) is 5.32 Å². The first-order chi connectivity index (χ1) is 11.7. The van der Waals surface area contributed by atoms with Gasteiger partial charge < -0.3 is 11.1 Å². The monoisotopic (exact) mass is 351 g/mol. The van der Waals surface area contributed by atoms with Gasteiger partial charge in [0, 0.05) is 11.4 Å². The molecule has 6 nitrogen and oxygen atoms in total. The van der Waals surface area contributed by atoms with Gasteiger partial charge in [-0.25, -0.2) is 0 Å². The van der Waals surface area contributed by atoms with Crippen molar-refractivity contribution in [3.05, 3.63) is 59.7 Å². The largest absolute Gasteiger partial charge is 0.416 e. The van der Waals surface area contributed by atoms with Crippen molar-refractivity contribution in [3.8, 4) is 0 Å². The average molecular weight is 351 g/mol. The molecule has 0 spiro atoms. The first-order valence-corrected chi connectivity index (χ1v) is 6.87. The lowest BCUT2D eigenvalue weighted by atomic mass is 10.1. The summed E-state index contributed by atoms with van der Waals surface area (Å²) >= 11 is 0. The fourth-order valence-corrected chi connectivity index (χ4v) is 1.86.